The van der Waals surface area contributed by atoms with Crippen LogP contribution in [0.2, 0.25) is 0 Å². The van der Waals surface area contributed by atoms with Gasteiger partial charge in [-0.2, -0.15) is 0 Å². The fourth-order valence-corrected chi connectivity index (χ4v) is 3.18. The van der Waals surface area contributed by atoms with Crippen molar-refractivity contribution in [1.29, 1.82) is 0 Å². The van der Waals surface area contributed by atoms with Gasteiger partial charge in [0.05, 0.1) is 5.92 Å². The average Bonchev–Trinajstić information content (AvgIpc) is 2.78. The van der Waals surface area contributed by atoms with E-state index in [-0.39, 0.29) is 23.8 Å². The van der Waals surface area contributed by atoms with Crippen molar-refractivity contribution in [2.45, 2.75) is 19.3 Å². The molecule has 2 aromatic carbocycles. The summed E-state index contributed by atoms with van der Waals surface area (Å²) in [5.41, 5.74) is 1.43. The molecule has 0 bridgehead atoms. The van der Waals surface area contributed by atoms with Gasteiger partial charge in [0.2, 0.25) is 0 Å². The first-order valence-corrected chi connectivity index (χ1v) is 7.41. The number of carbonyl (C=O) groups excluding carboxylic acids is 3. The highest BCUT2D eigenvalue weighted by molar-refractivity contribution is 6.27. The number of fused-ring (bicyclic) bond motifs is 1. The number of hydrogen-bond acceptors (Lipinski definition) is 3. The molecule has 3 nitrogen and oxygen atoms in total. The Morgan fingerprint density at radius 1 is 1.00 bits per heavy atom. The van der Waals surface area contributed by atoms with Crippen LogP contribution in [-0.2, 0) is 4.79 Å². The molecule has 0 saturated heterocycles. The van der Waals surface area contributed by atoms with Crippen LogP contribution < -0.4 is 0 Å². The summed E-state index contributed by atoms with van der Waals surface area (Å²) < 4.78 is 13.2. The molecule has 0 aliphatic heterocycles. The van der Waals surface area contributed by atoms with Crippen LogP contribution in [-0.4, -0.2) is 17.3 Å². The van der Waals surface area contributed by atoms with Gasteiger partial charge in [0.15, 0.2) is 11.6 Å². The number of carbonyl (C=O) groups is 3. The zero-order valence-corrected chi connectivity index (χ0v) is 12.6. The smallest absolute Gasteiger partial charge is 0.175 e. The van der Waals surface area contributed by atoms with Crippen LogP contribution in [0.5, 0.6) is 0 Å². The quantitative estimate of drug-likeness (QED) is 0.811. The lowest BCUT2D eigenvalue weighted by Gasteiger charge is -2.21. The lowest BCUT2D eigenvalue weighted by atomic mass is 9.80. The van der Waals surface area contributed by atoms with Gasteiger partial charge >= 0.3 is 0 Å². The Hall–Kier alpha value is -2.62. The summed E-state index contributed by atoms with van der Waals surface area (Å²) in [5.74, 6) is -2.52. The molecule has 0 heterocycles. The highest BCUT2D eigenvalue weighted by atomic mass is 19.1. The molecule has 0 fully saturated rings. The van der Waals surface area contributed by atoms with E-state index in [2.05, 4.69) is 0 Å². The summed E-state index contributed by atoms with van der Waals surface area (Å²) in [6, 6.07) is 12.3. The molecule has 0 aromatic heterocycles. The van der Waals surface area contributed by atoms with E-state index in [0.29, 0.717) is 16.7 Å². The minimum absolute atomic E-state index is 0.0712. The minimum atomic E-state index is -0.915. The molecule has 1 atom stereocenters. The van der Waals surface area contributed by atoms with Crippen molar-refractivity contribution < 1.29 is 18.8 Å². The van der Waals surface area contributed by atoms with Crippen molar-refractivity contribution in [3.63, 3.8) is 0 Å². The number of rotatable bonds is 4. The predicted octanol–water partition coefficient (Wildman–Crippen LogP) is 3.58. The third-order valence-electron chi connectivity index (χ3n) is 4.23. The number of halogens is 1. The maximum absolute atomic E-state index is 13.2. The van der Waals surface area contributed by atoms with E-state index in [9.17, 15) is 18.8 Å². The first kappa shape index (κ1) is 15.3. The molecular weight excluding hydrogens is 295 g/mol. The molecule has 0 radical (unpaired) electrons. The first-order chi connectivity index (χ1) is 11.0. The summed E-state index contributed by atoms with van der Waals surface area (Å²) in [6.45, 7) is 1.42. The van der Waals surface area contributed by atoms with Crippen molar-refractivity contribution >= 4 is 17.3 Å². The van der Waals surface area contributed by atoms with E-state index in [0.717, 1.165) is 0 Å². The monoisotopic (exact) mass is 310 g/mol. The average molecular weight is 310 g/mol. The molecule has 3 rings (SSSR count). The van der Waals surface area contributed by atoms with Crippen molar-refractivity contribution in [3.8, 4) is 0 Å². The highest BCUT2D eigenvalue weighted by Gasteiger charge is 2.43. The molecule has 2 aromatic rings. The van der Waals surface area contributed by atoms with Crippen LogP contribution in [0.1, 0.15) is 45.5 Å². The lowest BCUT2D eigenvalue weighted by Crippen LogP contribution is -2.25. The molecule has 116 valence electrons. The predicted molar refractivity (Wildman–Crippen MR) is 83.0 cm³/mol. The molecule has 4 heteroatoms. The molecule has 0 spiro atoms. The fourth-order valence-electron chi connectivity index (χ4n) is 3.18. The number of Topliss-reactive ketones (excluding diaryl/α,β-unsaturated/α-hetero) is 3. The largest absolute Gasteiger partial charge is 0.300 e. The van der Waals surface area contributed by atoms with Crippen LogP contribution in [0.4, 0.5) is 4.39 Å². The van der Waals surface area contributed by atoms with Crippen LogP contribution in [0.25, 0.3) is 0 Å². The SMILES string of the molecule is CC(=O)CC(c1ccc(F)cc1)C1C(=O)c2ccccc2C1=O. The van der Waals surface area contributed by atoms with E-state index < -0.39 is 17.7 Å². The van der Waals surface area contributed by atoms with E-state index >= 15 is 0 Å². The Bertz CT molecular complexity index is 758. The van der Waals surface area contributed by atoms with Gasteiger partial charge < -0.3 is 4.79 Å². The Morgan fingerprint density at radius 2 is 1.52 bits per heavy atom. The van der Waals surface area contributed by atoms with Gasteiger partial charge in [-0.15, -0.1) is 0 Å². The first-order valence-electron chi connectivity index (χ1n) is 7.41. The number of hydrogen-bond donors (Lipinski definition) is 0. The summed E-state index contributed by atoms with van der Waals surface area (Å²) in [5, 5.41) is 0. The van der Waals surface area contributed by atoms with Gasteiger partial charge in [-0.3, -0.25) is 9.59 Å². The molecule has 1 aliphatic carbocycles. The molecule has 0 amide bonds. The van der Waals surface area contributed by atoms with Gasteiger partial charge in [0.1, 0.15) is 11.6 Å². The van der Waals surface area contributed by atoms with E-state index in [4.69, 9.17) is 0 Å². The van der Waals surface area contributed by atoms with Crippen LogP contribution in [0, 0.1) is 11.7 Å². The normalized spacial score (nSPS) is 15.6. The lowest BCUT2D eigenvalue weighted by molar-refractivity contribution is -0.117. The Morgan fingerprint density at radius 3 is 2.00 bits per heavy atom. The van der Waals surface area contributed by atoms with Crippen LogP contribution >= 0.6 is 0 Å². The Kier molecular flexibility index (Phi) is 3.90. The topological polar surface area (TPSA) is 51.2 Å². The van der Waals surface area contributed by atoms with Crippen molar-refractivity contribution in [1.82, 2.24) is 0 Å². The zero-order chi connectivity index (χ0) is 16.6. The summed E-state index contributed by atoms with van der Waals surface area (Å²) in [6.07, 6.45) is 0.0712. The molecular formula is C19H15FO3. The number of ketones is 3. The maximum Gasteiger partial charge on any atom is 0.175 e. The number of benzene rings is 2. The molecule has 1 aliphatic rings. The van der Waals surface area contributed by atoms with Crippen LogP contribution in [0.3, 0.4) is 0 Å². The minimum Gasteiger partial charge on any atom is -0.300 e. The van der Waals surface area contributed by atoms with E-state index in [1.54, 1.807) is 24.3 Å². The van der Waals surface area contributed by atoms with Crippen molar-refractivity contribution in [2.24, 2.45) is 5.92 Å². The molecule has 23 heavy (non-hydrogen) atoms. The molecule has 1 unspecified atom stereocenters. The van der Waals surface area contributed by atoms with Crippen molar-refractivity contribution in [2.75, 3.05) is 0 Å². The van der Waals surface area contributed by atoms with Crippen molar-refractivity contribution in [3.05, 3.63) is 71.0 Å². The maximum atomic E-state index is 13.2. The second kappa shape index (κ2) is 5.88. The third-order valence-corrected chi connectivity index (χ3v) is 4.23. The summed E-state index contributed by atoms with van der Waals surface area (Å²) >= 11 is 0. The van der Waals surface area contributed by atoms with Gasteiger partial charge in [-0.25, -0.2) is 4.39 Å². The highest BCUT2D eigenvalue weighted by Crippen LogP contribution is 2.38. The van der Waals surface area contributed by atoms with Gasteiger partial charge in [-0.05, 0) is 24.6 Å². The third kappa shape index (κ3) is 2.72. The summed E-state index contributed by atoms with van der Waals surface area (Å²) in [7, 11) is 0. The molecule has 0 saturated carbocycles. The second-order valence-electron chi connectivity index (χ2n) is 5.82. The van der Waals surface area contributed by atoms with Gasteiger partial charge in [-0.1, -0.05) is 36.4 Å². The Labute approximate surface area is 133 Å². The fraction of sp³-hybridized carbons (Fsp3) is 0.211. The Balaban J connectivity index is 2.04. The summed E-state index contributed by atoms with van der Waals surface area (Å²) in [4.78, 5) is 37.0. The standard InChI is InChI=1S/C19H15FO3/c1-11(21)10-16(12-6-8-13(20)9-7-12)17-18(22)14-4-2-3-5-15(14)19(17)23/h2-9,16-17H,10H2,1H3. The van der Waals surface area contributed by atoms with E-state index in [1.165, 1.54) is 31.2 Å². The van der Waals surface area contributed by atoms with E-state index in [1.807, 2.05) is 0 Å². The van der Waals surface area contributed by atoms with Crippen LogP contribution in [0.15, 0.2) is 48.5 Å². The molecule has 0 N–H and O–H groups in total. The van der Waals surface area contributed by atoms with Gasteiger partial charge in [0.25, 0.3) is 0 Å². The van der Waals surface area contributed by atoms with Gasteiger partial charge in [0, 0.05) is 23.5 Å². The zero-order valence-electron chi connectivity index (χ0n) is 12.6. The second-order valence-corrected chi connectivity index (χ2v) is 5.82.